The van der Waals surface area contributed by atoms with Crippen LogP contribution in [0, 0.1) is 0 Å². The molecular weight excluding hydrogens is 294 g/mol. The summed E-state index contributed by atoms with van der Waals surface area (Å²) in [4.78, 5) is 12.8. The number of hydrogen-bond acceptors (Lipinski definition) is 3. The van der Waals surface area contributed by atoms with Crippen molar-refractivity contribution in [2.75, 3.05) is 6.61 Å². The Labute approximate surface area is 128 Å². The number of nitrogens with two attached hydrogens (primary N) is 1. The van der Waals surface area contributed by atoms with Crippen LogP contribution in [0.1, 0.15) is 12.5 Å². The van der Waals surface area contributed by atoms with E-state index in [0.717, 1.165) is 5.56 Å². The molecule has 1 heterocycles. The maximum absolute atomic E-state index is 11.5. The summed E-state index contributed by atoms with van der Waals surface area (Å²) in [5, 5.41) is 4.43. The number of allylic oxidation sites excluding steroid dienone is 2. The largest absolute Gasteiger partial charge is 0.465 e. The summed E-state index contributed by atoms with van der Waals surface area (Å²) in [5.41, 5.74) is 6.86. The standard InChI is InChI=1S/C15H19NO2S.ClH/c1-2-18-15(17)14(16)11-12-5-7-13(8-6-12)19-9-3-4-10-19;/h3-10,14,19H,2,11,16H2,1H3;1H/t14-;/m0./s1. The van der Waals surface area contributed by atoms with Crippen LogP contribution in [0.3, 0.4) is 0 Å². The lowest BCUT2D eigenvalue weighted by atomic mass is 10.1. The number of hydrogen-bond donors (Lipinski definition) is 2. The molecule has 1 aliphatic heterocycles. The number of esters is 1. The fourth-order valence-electron chi connectivity index (χ4n) is 1.90. The van der Waals surface area contributed by atoms with E-state index >= 15 is 0 Å². The van der Waals surface area contributed by atoms with Gasteiger partial charge in [0.15, 0.2) is 0 Å². The van der Waals surface area contributed by atoms with Gasteiger partial charge >= 0.3 is 5.97 Å². The van der Waals surface area contributed by atoms with Crippen molar-refractivity contribution in [2.45, 2.75) is 24.3 Å². The number of carbonyl (C=O) groups excluding carboxylic acids is 1. The molecule has 2 rings (SSSR count). The molecule has 1 aliphatic rings. The van der Waals surface area contributed by atoms with Crippen LogP contribution in [0.2, 0.25) is 0 Å². The topological polar surface area (TPSA) is 52.3 Å². The summed E-state index contributed by atoms with van der Waals surface area (Å²) in [6, 6.07) is 7.72. The molecular formula is C15H20ClNO2S. The molecule has 0 saturated heterocycles. The summed E-state index contributed by atoms with van der Waals surface area (Å²) in [7, 11) is -0.275. The van der Waals surface area contributed by atoms with Crippen LogP contribution in [0.4, 0.5) is 0 Å². The summed E-state index contributed by atoms with van der Waals surface area (Å²) in [5.74, 6) is -0.336. The summed E-state index contributed by atoms with van der Waals surface area (Å²) >= 11 is 0. The van der Waals surface area contributed by atoms with E-state index in [1.165, 1.54) is 4.90 Å². The Bertz CT molecular complexity index is 487. The highest BCUT2D eigenvalue weighted by atomic mass is 35.5. The molecule has 0 bridgehead atoms. The van der Waals surface area contributed by atoms with Gasteiger partial charge in [-0.25, -0.2) is 0 Å². The molecule has 20 heavy (non-hydrogen) atoms. The van der Waals surface area contributed by atoms with E-state index in [9.17, 15) is 4.79 Å². The van der Waals surface area contributed by atoms with E-state index in [2.05, 4.69) is 35.1 Å². The molecule has 0 saturated carbocycles. The zero-order chi connectivity index (χ0) is 13.7. The molecule has 0 spiro atoms. The van der Waals surface area contributed by atoms with E-state index in [1.54, 1.807) is 6.92 Å². The van der Waals surface area contributed by atoms with Gasteiger partial charge in [-0.3, -0.25) is 4.79 Å². The molecule has 5 heteroatoms. The monoisotopic (exact) mass is 313 g/mol. The zero-order valence-corrected chi connectivity index (χ0v) is 13.1. The first-order valence-corrected chi connectivity index (χ1v) is 7.83. The second-order valence-corrected chi connectivity index (χ2v) is 6.25. The van der Waals surface area contributed by atoms with E-state index in [1.807, 2.05) is 12.1 Å². The maximum atomic E-state index is 11.5. The highest BCUT2D eigenvalue weighted by molar-refractivity contribution is 8.22. The third-order valence-electron chi connectivity index (χ3n) is 2.88. The first kappa shape index (κ1) is 16.8. The van der Waals surface area contributed by atoms with Crippen molar-refractivity contribution in [3.8, 4) is 0 Å². The Hall–Kier alpha value is -1.23. The van der Waals surface area contributed by atoms with Crippen molar-refractivity contribution >= 4 is 29.3 Å². The molecule has 2 N–H and O–H groups in total. The van der Waals surface area contributed by atoms with Crippen molar-refractivity contribution in [1.82, 2.24) is 0 Å². The van der Waals surface area contributed by atoms with Crippen LogP contribution in [0.15, 0.2) is 52.1 Å². The van der Waals surface area contributed by atoms with Gasteiger partial charge in [-0.05, 0) is 46.8 Å². The highest BCUT2D eigenvalue weighted by Crippen LogP contribution is 2.41. The van der Waals surface area contributed by atoms with Crippen molar-refractivity contribution < 1.29 is 9.53 Å². The smallest absolute Gasteiger partial charge is 0.323 e. The van der Waals surface area contributed by atoms with Crippen LogP contribution in [0.5, 0.6) is 0 Å². The molecule has 110 valence electrons. The number of halogens is 1. The lowest BCUT2D eigenvalue weighted by Gasteiger charge is -2.13. The van der Waals surface area contributed by atoms with Crippen LogP contribution < -0.4 is 5.73 Å². The van der Waals surface area contributed by atoms with E-state index in [0.29, 0.717) is 13.0 Å². The minimum atomic E-state index is -0.581. The van der Waals surface area contributed by atoms with E-state index in [4.69, 9.17) is 10.5 Å². The minimum Gasteiger partial charge on any atom is -0.465 e. The Kier molecular flexibility index (Phi) is 6.85. The SMILES string of the molecule is CCOC(=O)[C@@H](N)Cc1ccc([SH]2C=CC=C2)cc1.Cl. The predicted octanol–water partition coefficient (Wildman–Crippen LogP) is 2.94. The molecule has 1 aromatic carbocycles. The molecule has 0 fully saturated rings. The fourth-order valence-corrected chi connectivity index (χ4v) is 3.40. The fraction of sp³-hybridized carbons (Fsp3) is 0.267. The van der Waals surface area contributed by atoms with Crippen LogP contribution in [-0.2, 0) is 16.0 Å². The van der Waals surface area contributed by atoms with Crippen molar-refractivity contribution in [2.24, 2.45) is 5.73 Å². The molecule has 0 aliphatic carbocycles. The van der Waals surface area contributed by atoms with Crippen molar-refractivity contribution in [3.63, 3.8) is 0 Å². The van der Waals surface area contributed by atoms with Crippen LogP contribution >= 0.6 is 23.3 Å². The Balaban J connectivity index is 0.00000200. The highest BCUT2D eigenvalue weighted by Gasteiger charge is 2.15. The molecule has 0 amide bonds. The number of thiol groups is 1. The van der Waals surface area contributed by atoms with Crippen LogP contribution in [-0.4, -0.2) is 18.6 Å². The Morgan fingerprint density at radius 3 is 2.40 bits per heavy atom. The second kappa shape index (κ2) is 8.15. The third kappa shape index (κ3) is 4.40. The van der Waals surface area contributed by atoms with Gasteiger partial charge in [0.25, 0.3) is 0 Å². The first-order chi connectivity index (χ1) is 9.20. The van der Waals surface area contributed by atoms with Gasteiger partial charge in [-0.15, -0.1) is 12.4 Å². The van der Waals surface area contributed by atoms with Gasteiger partial charge in [-0.1, -0.05) is 24.3 Å². The van der Waals surface area contributed by atoms with Gasteiger partial charge in [0.2, 0.25) is 0 Å². The summed E-state index contributed by atoms with van der Waals surface area (Å²) in [6.07, 6.45) is 4.68. The molecule has 0 unspecified atom stereocenters. The average Bonchev–Trinajstić information content (AvgIpc) is 2.94. The lowest BCUT2D eigenvalue weighted by Crippen LogP contribution is -2.34. The lowest BCUT2D eigenvalue weighted by molar-refractivity contribution is -0.144. The number of benzene rings is 1. The molecule has 1 atom stereocenters. The minimum absolute atomic E-state index is 0. The predicted molar refractivity (Wildman–Crippen MR) is 87.5 cm³/mol. The normalized spacial score (nSPS) is 15.8. The Morgan fingerprint density at radius 1 is 1.25 bits per heavy atom. The molecule has 1 aromatic rings. The van der Waals surface area contributed by atoms with E-state index in [-0.39, 0.29) is 29.3 Å². The number of rotatable bonds is 5. The zero-order valence-electron chi connectivity index (χ0n) is 11.4. The average molecular weight is 314 g/mol. The second-order valence-electron chi connectivity index (χ2n) is 4.32. The molecule has 0 radical (unpaired) electrons. The third-order valence-corrected chi connectivity index (χ3v) is 4.76. The van der Waals surface area contributed by atoms with Gasteiger partial charge < -0.3 is 10.5 Å². The maximum Gasteiger partial charge on any atom is 0.323 e. The number of carbonyl (C=O) groups is 1. The van der Waals surface area contributed by atoms with Crippen molar-refractivity contribution in [3.05, 3.63) is 52.8 Å². The summed E-state index contributed by atoms with van der Waals surface area (Å²) < 4.78 is 4.90. The molecule has 0 aromatic heterocycles. The quantitative estimate of drug-likeness (QED) is 0.649. The van der Waals surface area contributed by atoms with E-state index < -0.39 is 6.04 Å². The first-order valence-electron chi connectivity index (χ1n) is 6.35. The van der Waals surface area contributed by atoms with Crippen LogP contribution in [0.25, 0.3) is 0 Å². The van der Waals surface area contributed by atoms with Gasteiger partial charge in [0.05, 0.1) is 6.61 Å². The summed E-state index contributed by atoms with van der Waals surface area (Å²) in [6.45, 7) is 2.15. The van der Waals surface area contributed by atoms with Gasteiger partial charge in [-0.2, -0.15) is 10.9 Å². The van der Waals surface area contributed by atoms with Crippen molar-refractivity contribution in [1.29, 1.82) is 0 Å². The molecule has 3 nitrogen and oxygen atoms in total. The van der Waals surface area contributed by atoms with Gasteiger partial charge in [0.1, 0.15) is 6.04 Å². The Morgan fingerprint density at radius 2 is 1.85 bits per heavy atom. The van der Waals surface area contributed by atoms with Gasteiger partial charge in [0, 0.05) is 0 Å². The number of ether oxygens (including phenoxy) is 1.